The Labute approximate surface area is 200 Å². The summed E-state index contributed by atoms with van der Waals surface area (Å²) in [7, 11) is 0. The van der Waals surface area contributed by atoms with Crippen LogP contribution in [0.5, 0.6) is 0 Å². The number of amides is 1. The maximum atomic E-state index is 13.2. The lowest BCUT2D eigenvalue weighted by Crippen LogP contribution is -2.30. The summed E-state index contributed by atoms with van der Waals surface area (Å²) < 4.78 is 41.7. The van der Waals surface area contributed by atoms with Crippen LogP contribution in [0.15, 0.2) is 59.8 Å². The number of nitrogens with zero attached hydrogens (tertiary/aromatic N) is 4. The van der Waals surface area contributed by atoms with Gasteiger partial charge in [-0.1, -0.05) is 60.6 Å². The molecule has 0 bridgehead atoms. The van der Waals surface area contributed by atoms with Crippen LogP contribution in [-0.2, 0) is 24.1 Å². The van der Waals surface area contributed by atoms with E-state index in [2.05, 4.69) is 20.4 Å². The van der Waals surface area contributed by atoms with Crippen molar-refractivity contribution in [3.8, 4) is 0 Å². The molecule has 180 valence electrons. The van der Waals surface area contributed by atoms with Crippen LogP contribution in [0.1, 0.15) is 36.2 Å². The number of benzene rings is 2. The average Bonchev–Trinajstić information content (AvgIpc) is 3.19. The van der Waals surface area contributed by atoms with Crippen molar-refractivity contribution in [3.63, 3.8) is 0 Å². The molecule has 1 fully saturated rings. The number of aromatic nitrogens is 3. The highest BCUT2D eigenvalue weighted by atomic mass is 32.2. The summed E-state index contributed by atoms with van der Waals surface area (Å²) in [6, 6.07) is 14.9. The van der Waals surface area contributed by atoms with Crippen molar-refractivity contribution in [1.82, 2.24) is 19.7 Å². The third kappa shape index (κ3) is 6.38. The Hall–Kier alpha value is -2.85. The van der Waals surface area contributed by atoms with Gasteiger partial charge in [0.2, 0.25) is 5.91 Å². The molecule has 0 radical (unpaired) electrons. The average molecular weight is 490 g/mol. The lowest BCUT2D eigenvalue weighted by atomic mass is 10.1. The van der Waals surface area contributed by atoms with Crippen LogP contribution in [-0.4, -0.2) is 44.4 Å². The molecule has 2 aromatic carbocycles. The minimum absolute atomic E-state index is 0.0805. The predicted molar refractivity (Wildman–Crippen MR) is 125 cm³/mol. The zero-order valence-corrected chi connectivity index (χ0v) is 19.4. The second-order valence-electron chi connectivity index (χ2n) is 8.19. The van der Waals surface area contributed by atoms with Crippen molar-refractivity contribution in [2.24, 2.45) is 0 Å². The summed E-state index contributed by atoms with van der Waals surface area (Å²) in [5.41, 5.74) is -0.0471. The molecule has 3 aromatic rings. The smallest absolute Gasteiger partial charge is 0.325 e. The van der Waals surface area contributed by atoms with Gasteiger partial charge in [0.1, 0.15) is 5.82 Å². The van der Waals surface area contributed by atoms with Crippen molar-refractivity contribution < 1.29 is 18.0 Å². The summed E-state index contributed by atoms with van der Waals surface area (Å²) in [4.78, 5) is 14.8. The molecule has 1 aliphatic rings. The molecular formula is C24H26F3N5OS. The van der Waals surface area contributed by atoms with Crippen molar-refractivity contribution in [2.75, 3.05) is 24.2 Å². The number of halogens is 3. The molecule has 10 heteroatoms. The summed E-state index contributed by atoms with van der Waals surface area (Å²) >= 11 is 1.17. The number of hydrogen-bond donors (Lipinski definition) is 1. The first kappa shape index (κ1) is 24.3. The Morgan fingerprint density at radius 2 is 1.65 bits per heavy atom. The monoisotopic (exact) mass is 489 g/mol. The molecule has 1 N–H and O–H groups in total. The molecule has 0 saturated carbocycles. The van der Waals surface area contributed by atoms with Crippen LogP contribution in [0.2, 0.25) is 0 Å². The quantitative estimate of drug-likeness (QED) is 0.448. The highest BCUT2D eigenvalue weighted by Gasteiger charge is 2.33. The second-order valence-corrected chi connectivity index (χ2v) is 9.13. The normalized spacial score (nSPS) is 14.8. The summed E-state index contributed by atoms with van der Waals surface area (Å²) in [5.74, 6) is 0.202. The minimum Gasteiger partial charge on any atom is -0.325 e. The van der Waals surface area contributed by atoms with Crippen LogP contribution < -0.4 is 5.32 Å². The molecule has 1 amide bonds. The van der Waals surface area contributed by atoms with E-state index in [1.165, 1.54) is 36.4 Å². The van der Waals surface area contributed by atoms with Crippen LogP contribution in [0.25, 0.3) is 0 Å². The Bertz CT molecular complexity index is 1100. The van der Waals surface area contributed by atoms with Gasteiger partial charge in [0.25, 0.3) is 0 Å². The molecule has 1 saturated heterocycles. The Morgan fingerprint density at radius 1 is 0.941 bits per heavy atom. The number of alkyl halides is 3. The number of anilines is 1. The maximum absolute atomic E-state index is 13.2. The summed E-state index contributed by atoms with van der Waals surface area (Å²) in [6.07, 6.45) is -0.987. The lowest BCUT2D eigenvalue weighted by molar-refractivity contribution is -0.137. The molecule has 1 aromatic heterocycles. The van der Waals surface area contributed by atoms with E-state index in [1.54, 1.807) is 0 Å². The molecule has 2 heterocycles. The lowest BCUT2D eigenvalue weighted by Gasteiger charge is -2.26. The van der Waals surface area contributed by atoms with Crippen LogP contribution in [0.4, 0.5) is 18.9 Å². The largest absolute Gasteiger partial charge is 0.418 e. The number of thioether (sulfide) groups is 1. The predicted octanol–water partition coefficient (Wildman–Crippen LogP) is 5.06. The number of likely N-dealkylation sites (tertiary alicyclic amines) is 1. The molecular weight excluding hydrogens is 463 g/mol. The van der Waals surface area contributed by atoms with Crippen molar-refractivity contribution in [3.05, 3.63) is 71.5 Å². The van der Waals surface area contributed by atoms with Gasteiger partial charge in [0, 0.05) is 0 Å². The number of carbonyl (C=O) groups is 1. The summed E-state index contributed by atoms with van der Waals surface area (Å²) in [6.45, 7) is 3.26. The maximum Gasteiger partial charge on any atom is 0.418 e. The van der Waals surface area contributed by atoms with Gasteiger partial charge >= 0.3 is 6.18 Å². The van der Waals surface area contributed by atoms with E-state index in [0.717, 1.165) is 43.4 Å². The number of hydrogen-bond acceptors (Lipinski definition) is 5. The van der Waals surface area contributed by atoms with Gasteiger partial charge in [-0.3, -0.25) is 9.69 Å². The number of carbonyl (C=O) groups excluding carboxylic acids is 1. The topological polar surface area (TPSA) is 63.1 Å². The highest BCUT2D eigenvalue weighted by Crippen LogP contribution is 2.34. The van der Waals surface area contributed by atoms with Gasteiger partial charge in [-0.15, -0.1) is 10.2 Å². The molecule has 0 atom stereocenters. The zero-order chi connectivity index (χ0) is 24.0. The van der Waals surface area contributed by atoms with Gasteiger partial charge < -0.3 is 9.88 Å². The van der Waals surface area contributed by atoms with Crippen molar-refractivity contribution >= 4 is 23.4 Å². The Balaban J connectivity index is 1.47. The fourth-order valence-electron chi connectivity index (χ4n) is 3.94. The first-order valence-electron chi connectivity index (χ1n) is 11.2. The highest BCUT2D eigenvalue weighted by molar-refractivity contribution is 7.99. The third-order valence-corrected chi connectivity index (χ3v) is 6.60. The second kappa shape index (κ2) is 11.1. The van der Waals surface area contributed by atoms with Gasteiger partial charge in [0.15, 0.2) is 5.16 Å². The van der Waals surface area contributed by atoms with Crippen molar-refractivity contribution in [1.29, 1.82) is 0 Å². The Kier molecular flexibility index (Phi) is 7.89. The van der Waals surface area contributed by atoms with E-state index < -0.39 is 17.6 Å². The Morgan fingerprint density at radius 3 is 2.38 bits per heavy atom. The number of para-hydroxylation sites is 1. The van der Waals surface area contributed by atoms with E-state index in [0.29, 0.717) is 18.2 Å². The molecule has 0 aliphatic carbocycles. The number of nitrogens with one attached hydrogen (secondary N) is 1. The van der Waals surface area contributed by atoms with E-state index in [1.807, 2.05) is 34.9 Å². The minimum atomic E-state index is -4.55. The van der Waals surface area contributed by atoms with Gasteiger partial charge in [-0.2, -0.15) is 13.2 Å². The van der Waals surface area contributed by atoms with Crippen LogP contribution >= 0.6 is 11.8 Å². The number of piperidine rings is 1. The zero-order valence-electron chi connectivity index (χ0n) is 18.6. The van der Waals surface area contributed by atoms with Crippen LogP contribution in [0.3, 0.4) is 0 Å². The molecule has 4 rings (SSSR count). The SMILES string of the molecule is O=C(CSc1nnc(CN2CCCCC2)n1Cc1ccccc1)Nc1ccccc1C(F)(F)F. The molecule has 1 aliphatic heterocycles. The molecule has 34 heavy (non-hydrogen) atoms. The third-order valence-electron chi connectivity index (χ3n) is 5.63. The standard InChI is InChI=1S/C24H26F3N5OS/c25-24(26,27)19-11-5-6-12-20(19)28-22(33)17-34-23-30-29-21(16-31-13-7-2-8-14-31)32(23)15-18-9-3-1-4-10-18/h1,3-6,9-12H,2,7-8,13-17H2,(H,28,33). The van der Waals surface area contributed by atoms with Crippen molar-refractivity contribution in [2.45, 2.75) is 43.7 Å². The number of rotatable bonds is 8. The van der Waals surface area contributed by atoms with Gasteiger partial charge in [-0.25, -0.2) is 0 Å². The van der Waals surface area contributed by atoms with E-state index in [4.69, 9.17) is 0 Å². The first-order chi connectivity index (χ1) is 16.4. The fraction of sp³-hybridized carbons (Fsp3) is 0.375. The van der Waals surface area contributed by atoms with Crippen LogP contribution in [0, 0.1) is 0 Å². The van der Waals surface area contributed by atoms with E-state index in [9.17, 15) is 18.0 Å². The van der Waals surface area contributed by atoms with Gasteiger partial charge in [-0.05, 0) is 43.6 Å². The van der Waals surface area contributed by atoms with E-state index >= 15 is 0 Å². The van der Waals surface area contributed by atoms with Gasteiger partial charge in [0.05, 0.1) is 30.1 Å². The fourth-order valence-corrected chi connectivity index (χ4v) is 4.70. The summed E-state index contributed by atoms with van der Waals surface area (Å²) in [5, 5.41) is 11.6. The van der Waals surface area contributed by atoms with E-state index in [-0.39, 0.29) is 11.4 Å². The molecule has 6 nitrogen and oxygen atoms in total. The molecule has 0 unspecified atom stereocenters. The molecule has 0 spiro atoms. The first-order valence-corrected chi connectivity index (χ1v) is 12.2.